The van der Waals surface area contributed by atoms with Crippen LogP contribution < -0.4 is 16.0 Å². The third kappa shape index (κ3) is 4.51. The molecule has 2 rings (SSSR count). The topological polar surface area (TPSA) is 111 Å². The summed E-state index contributed by atoms with van der Waals surface area (Å²) in [6.45, 7) is 1.60. The summed E-state index contributed by atoms with van der Waals surface area (Å²) in [5, 5.41) is 7.81. The van der Waals surface area contributed by atoms with E-state index in [1.807, 2.05) is 0 Å². The van der Waals surface area contributed by atoms with Crippen molar-refractivity contribution in [3.63, 3.8) is 0 Å². The second-order valence-corrected chi connectivity index (χ2v) is 6.63. The summed E-state index contributed by atoms with van der Waals surface area (Å²) in [7, 11) is -3.80. The fraction of sp³-hybridized carbons (Fsp3) is 0.200. The molecule has 0 aliphatic heterocycles. The molecule has 2 aromatic rings. The van der Waals surface area contributed by atoms with E-state index in [4.69, 9.17) is 5.14 Å². The van der Waals surface area contributed by atoms with Crippen molar-refractivity contribution in [3.05, 3.63) is 64.6 Å². The molecule has 0 spiro atoms. The molecule has 0 saturated heterocycles. The van der Waals surface area contributed by atoms with Crippen molar-refractivity contribution in [3.8, 4) is 0 Å². The zero-order chi connectivity index (χ0) is 17.0. The van der Waals surface area contributed by atoms with E-state index < -0.39 is 16.1 Å². The van der Waals surface area contributed by atoms with E-state index in [-0.39, 0.29) is 22.9 Å². The van der Waals surface area contributed by atoms with Crippen LogP contribution in [0.1, 0.15) is 18.5 Å². The van der Waals surface area contributed by atoms with Gasteiger partial charge in [-0.15, -0.1) is 0 Å². The quantitative estimate of drug-likeness (QED) is 0.822. The Morgan fingerprint density at radius 2 is 2.00 bits per heavy atom. The molecule has 8 heteroatoms. The molecular formula is C15H17N3O4S. The normalized spacial score (nSPS) is 12.6. The van der Waals surface area contributed by atoms with Crippen LogP contribution in [0.3, 0.4) is 0 Å². The standard InChI is InChI=1S/C15H17N3O4S/c1-11(12-5-4-6-13(9-12)23(16,21)22)17-14(19)10-18-8-3-2-7-15(18)20/h2-9,11H,10H2,1H3,(H,17,19)(H2,16,21,22). The molecule has 0 aliphatic carbocycles. The molecule has 0 saturated carbocycles. The van der Waals surface area contributed by atoms with Crippen molar-refractivity contribution < 1.29 is 13.2 Å². The molecule has 7 nitrogen and oxygen atoms in total. The minimum absolute atomic E-state index is 0.0182. The number of primary sulfonamides is 1. The number of hydrogen-bond donors (Lipinski definition) is 2. The highest BCUT2D eigenvalue weighted by molar-refractivity contribution is 7.89. The smallest absolute Gasteiger partial charge is 0.250 e. The second-order valence-electron chi connectivity index (χ2n) is 5.07. The zero-order valence-electron chi connectivity index (χ0n) is 12.5. The van der Waals surface area contributed by atoms with Gasteiger partial charge in [0.05, 0.1) is 10.9 Å². The monoisotopic (exact) mass is 335 g/mol. The summed E-state index contributed by atoms with van der Waals surface area (Å²) in [6, 6.07) is 10.2. The summed E-state index contributed by atoms with van der Waals surface area (Å²) in [6.07, 6.45) is 1.52. The Hall–Kier alpha value is -2.45. The third-order valence-electron chi connectivity index (χ3n) is 3.28. The Kier molecular flexibility index (Phi) is 4.97. The van der Waals surface area contributed by atoms with Gasteiger partial charge in [0.1, 0.15) is 6.54 Å². The van der Waals surface area contributed by atoms with Gasteiger partial charge < -0.3 is 9.88 Å². The van der Waals surface area contributed by atoms with Crippen molar-refractivity contribution in [1.29, 1.82) is 0 Å². The van der Waals surface area contributed by atoms with Crippen LogP contribution in [0, 0.1) is 0 Å². The van der Waals surface area contributed by atoms with E-state index in [1.165, 1.54) is 29.0 Å². The van der Waals surface area contributed by atoms with Gasteiger partial charge in [0.15, 0.2) is 0 Å². The summed E-state index contributed by atoms with van der Waals surface area (Å²) in [5.41, 5.74) is 0.330. The number of carbonyl (C=O) groups is 1. The lowest BCUT2D eigenvalue weighted by molar-refractivity contribution is -0.122. The summed E-state index contributed by atoms with van der Waals surface area (Å²) >= 11 is 0. The molecular weight excluding hydrogens is 318 g/mol. The zero-order valence-corrected chi connectivity index (χ0v) is 13.3. The molecule has 0 bridgehead atoms. The van der Waals surface area contributed by atoms with Gasteiger partial charge in [0.25, 0.3) is 5.56 Å². The van der Waals surface area contributed by atoms with Crippen molar-refractivity contribution in [2.45, 2.75) is 24.4 Å². The average Bonchev–Trinajstić information content (AvgIpc) is 2.49. The molecule has 1 atom stereocenters. The number of carbonyl (C=O) groups excluding carboxylic acids is 1. The predicted molar refractivity (Wildman–Crippen MR) is 85.1 cm³/mol. The maximum atomic E-state index is 12.0. The highest BCUT2D eigenvalue weighted by Crippen LogP contribution is 2.16. The van der Waals surface area contributed by atoms with Gasteiger partial charge in [0, 0.05) is 12.3 Å². The second kappa shape index (κ2) is 6.76. The van der Waals surface area contributed by atoms with Crippen LogP contribution >= 0.6 is 0 Å². The average molecular weight is 335 g/mol. The number of pyridine rings is 1. The summed E-state index contributed by atoms with van der Waals surface area (Å²) < 4.78 is 24.0. The molecule has 23 heavy (non-hydrogen) atoms. The van der Waals surface area contributed by atoms with Crippen LogP contribution in [0.5, 0.6) is 0 Å². The fourth-order valence-electron chi connectivity index (χ4n) is 2.08. The molecule has 1 aromatic carbocycles. The molecule has 3 N–H and O–H groups in total. The molecule has 0 fully saturated rings. The number of amides is 1. The van der Waals surface area contributed by atoms with Gasteiger partial charge in [-0.25, -0.2) is 13.6 Å². The maximum absolute atomic E-state index is 12.0. The van der Waals surface area contributed by atoms with E-state index in [1.54, 1.807) is 31.2 Å². The first-order valence-corrected chi connectivity index (χ1v) is 8.39. The summed E-state index contributed by atoms with van der Waals surface area (Å²) in [4.78, 5) is 23.6. The number of benzene rings is 1. The number of nitrogens with two attached hydrogens (primary N) is 1. The van der Waals surface area contributed by atoms with Crippen LogP contribution in [0.2, 0.25) is 0 Å². The highest BCUT2D eigenvalue weighted by atomic mass is 32.2. The van der Waals surface area contributed by atoms with E-state index in [0.717, 1.165) is 0 Å². The van der Waals surface area contributed by atoms with Crippen LogP contribution in [-0.4, -0.2) is 18.9 Å². The minimum atomic E-state index is -3.80. The van der Waals surface area contributed by atoms with Gasteiger partial charge in [-0.1, -0.05) is 18.2 Å². The maximum Gasteiger partial charge on any atom is 0.250 e. The van der Waals surface area contributed by atoms with E-state index in [0.29, 0.717) is 5.56 Å². The number of rotatable bonds is 5. The van der Waals surface area contributed by atoms with Crippen LogP contribution in [-0.2, 0) is 21.4 Å². The van der Waals surface area contributed by atoms with Crippen molar-refractivity contribution in [1.82, 2.24) is 9.88 Å². The lowest BCUT2D eigenvalue weighted by Gasteiger charge is -2.15. The molecule has 1 aromatic heterocycles. The van der Waals surface area contributed by atoms with Crippen molar-refractivity contribution in [2.24, 2.45) is 5.14 Å². The fourth-order valence-corrected chi connectivity index (χ4v) is 2.65. The van der Waals surface area contributed by atoms with E-state index >= 15 is 0 Å². The molecule has 0 radical (unpaired) electrons. The molecule has 1 unspecified atom stereocenters. The molecule has 1 amide bonds. The third-order valence-corrected chi connectivity index (χ3v) is 4.19. The minimum Gasteiger partial charge on any atom is -0.348 e. The molecule has 0 aliphatic rings. The Morgan fingerprint density at radius 1 is 1.26 bits per heavy atom. The van der Waals surface area contributed by atoms with Gasteiger partial charge in [0.2, 0.25) is 15.9 Å². The Morgan fingerprint density at radius 3 is 2.65 bits per heavy atom. The Balaban J connectivity index is 2.10. The number of nitrogens with zero attached hydrogens (tertiary/aromatic N) is 1. The van der Waals surface area contributed by atoms with E-state index in [2.05, 4.69) is 5.32 Å². The number of hydrogen-bond acceptors (Lipinski definition) is 4. The number of nitrogens with one attached hydrogen (secondary N) is 1. The number of sulfonamides is 1. The van der Waals surface area contributed by atoms with Crippen LogP contribution in [0.15, 0.2) is 58.4 Å². The van der Waals surface area contributed by atoms with Crippen molar-refractivity contribution >= 4 is 15.9 Å². The highest BCUT2D eigenvalue weighted by Gasteiger charge is 2.14. The largest absolute Gasteiger partial charge is 0.348 e. The first-order valence-electron chi connectivity index (χ1n) is 6.85. The lowest BCUT2D eigenvalue weighted by Crippen LogP contribution is -2.33. The summed E-state index contributed by atoms with van der Waals surface area (Å²) in [5.74, 6) is -0.355. The SMILES string of the molecule is CC(NC(=O)Cn1ccccc1=O)c1cccc(S(N)(=O)=O)c1. The van der Waals surface area contributed by atoms with E-state index in [9.17, 15) is 18.0 Å². The first kappa shape index (κ1) is 16.9. The molecule has 122 valence electrons. The predicted octanol–water partition coefficient (Wildman–Crippen LogP) is 0.373. The van der Waals surface area contributed by atoms with Gasteiger partial charge in [-0.3, -0.25) is 9.59 Å². The van der Waals surface area contributed by atoms with Crippen molar-refractivity contribution in [2.75, 3.05) is 0 Å². The van der Waals surface area contributed by atoms with Gasteiger partial charge in [-0.05, 0) is 30.7 Å². The number of aromatic nitrogens is 1. The Labute approximate surface area is 133 Å². The first-order chi connectivity index (χ1) is 10.8. The Bertz CT molecular complexity index is 874. The van der Waals surface area contributed by atoms with Gasteiger partial charge in [-0.2, -0.15) is 0 Å². The van der Waals surface area contributed by atoms with Crippen LogP contribution in [0.4, 0.5) is 0 Å². The van der Waals surface area contributed by atoms with Crippen LogP contribution in [0.25, 0.3) is 0 Å². The van der Waals surface area contributed by atoms with Gasteiger partial charge >= 0.3 is 0 Å². The lowest BCUT2D eigenvalue weighted by atomic mass is 10.1. The molecule has 1 heterocycles.